The average Bonchev–Trinajstić information content (AvgIpc) is 2.99. The number of hydrogen-bond acceptors (Lipinski definition) is 10. The highest BCUT2D eigenvalue weighted by Crippen LogP contribution is 2.49. The summed E-state index contributed by atoms with van der Waals surface area (Å²) in [6.45, 7) is 5.65. The van der Waals surface area contributed by atoms with Gasteiger partial charge in [0, 0.05) is 23.5 Å². The van der Waals surface area contributed by atoms with Gasteiger partial charge in [-0.2, -0.15) is 0 Å². The Bertz CT molecular complexity index is 2460. The number of rotatable bonds is 3. The van der Waals surface area contributed by atoms with E-state index in [2.05, 4.69) is 0 Å². The zero-order valence-corrected chi connectivity index (χ0v) is 24.9. The van der Waals surface area contributed by atoms with E-state index in [1.54, 1.807) is 13.0 Å². The molecule has 2 atom stereocenters. The molecule has 0 fully saturated rings. The summed E-state index contributed by atoms with van der Waals surface area (Å²) in [6, 6.07) is 11.4. The molecule has 0 aliphatic carbocycles. The number of ether oxygens (including phenoxy) is 1. The minimum atomic E-state index is -1.10. The Hall–Kier alpha value is -5.90. The van der Waals surface area contributed by atoms with E-state index >= 15 is 0 Å². The quantitative estimate of drug-likeness (QED) is 0.0785. The maximum absolute atomic E-state index is 13.5. The summed E-state index contributed by atoms with van der Waals surface area (Å²) in [5, 5.41) is 53.6. The highest BCUT2D eigenvalue weighted by molar-refractivity contribution is 6.00. The van der Waals surface area contributed by atoms with Crippen molar-refractivity contribution in [2.45, 2.75) is 38.7 Å². The zero-order chi connectivity index (χ0) is 32.7. The molecule has 0 radical (unpaired) electrons. The van der Waals surface area contributed by atoms with Gasteiger partial charge in [-0.15, -0.1) is 0 Å². The minimum absolute atomic E-state index is 0.0276. The van der Waals surface area contributed by atoms with E-state index in [4.69, 9.17) is 13.6 Å². The van der Waals surface area contributed by atoms with E-state index in [1.807, 2.05) is 19.9 Å². The van der Waals surface area contributed by atoms with Crippen LogP contribution in [0.3, 0.4) is 0 Å². The first-order valence-corrected chi connectivity index (χ1v) is 14.5. The van der Waals surface area contributed by atoms with Crippen molar-refractivity contribution in [1.82, 2.24) is 0 Å². The molecule has 0 saturated carbocycles. The Morgan fingerprint density at radius 1 is 0.783 bits per heavy atom. The highest BCUT2D eigenvalue weighted by Gasteiger charge is 2.38. The molecule has 2 aromatic heterocycles. The lowest BCUT2D eigenvalue weighted by molar-refractivity contribution is 0.109. The van der Waals surface area contributed by atoms with Crippen molar-refractivity contribution >= 4 is 50.0 Å². The molecule has 7 rings (SSSR count). The van der Waals surface area contributed by atoms with E-state index < -0.39 is 28.0 Å². The third-order valence-corrected chi connectivity index (χ3v) is 8.36. The number of phenols is 5. The summed E-state index contributed by atoms with van der Waals surface area (Å²) < 4.78 is 18.3. The van der Waals surface area contributed by atoms with Gasteiger partial charge in [0.15, 0.2) is 45.3 Å². The number of para-hydroxylation sites is 2. The Kier molecular flexibility index (Phi) is 6.31. The topological polar surface area (TPSA) is 171 Å². The van der Waals surface area contributed by atoms with Gasteiger partial charge in [-0.3, -0.25) is 9.59 Å². The first-order valence-electron chi connectivity index (χ1n) is 14.5. The smallest absolute Gasteiger partial charge is 0.204 e. The van der Waals surface area contributed by atoms with Gasteiger partial charge in [-0.1, -0.05) is 29.9 Å². The fourth-order valence-electron chi connectivity index (χ4n) is 6.28. The van der Waals surface area contributed by atoms with Crippen molar-refractivity contribution in [2.24, 2.45) is 0 Å². The molecule has 10 nitrogen and oxygen atoms in total. The normalized spacial score (nSPS) is 17.9. The molecule has 6 aromatic rings. The molecule has 0 unspecified atom stereocenters. The van der Waals surface area contributed by atoms with E-state index in [0.717, 1.165) is 5.57 Å². The van der Waals surface area contributed by atoms with Gasteiger partial charge in [0.25, 0.3) is 0 Å². The van der Waals surface area contributed by atoms with E-state index in [1.165, 1.54) is 54.6 Å². The van der Waals surface area contributed by atoms with Crippen molar-refractivity contribution in [3.63, 3.8) is 0 Å². The van der Waals surface area contributed by atoms with Crippen LogP contribution in [-0.2, 0) is 0 Å². The van der Waals surface area contributed by atoms with Crippen LogP contribution in [0.1, 0.15) is 44.2 Å². The average molecular weight is 621 g/mol. The van der Waals surface area contributed by atoms with Crippen LogP contribution < -0.4 is 15.6 Å². The highest BCUT2D eigenvalue weighted by atomic mass is 16.5. The van der Waals surface area contributed by atoms with Crippen LogP contribution >= 0.6 is 0 Å². The fraction of sp³-hybridized carbons (Fsp3) is 0.167. The molecule has 5 N–H and O–H groups in total. The SMILES string of the molecule is CC(C)=C[C@@H]1C[C@](C)(C=Cc2cc(O)c3c(=O)c4cccc(O)c4oc3c2O)Oc2c1cc(O)c1c(=O)c3cccc(O)c3oc21. The Morgan fingerprint density at radius 3 is 1.96 bits per heavy atom. The van der Waals surface area contributed by atoms with E-state index in [0.29, 0.717) is 12.0 Å². The molecule has 232 valence electrons. The van der Waals surface area contributed by atoms with Crippen molar-refractivity contribution < 1.29 is 39.1 Å². The largest absolute Gasteiger partial charge is 0.507 e. The summed E-state index contributed by atoms with van der Waals surface area (Å²) >= 11 is 0. The van der Waals surface area contributed by atoms with E-state index in [-0.39, 0.29) is 78.4 Å². The lowest BCUT2D eigenvalue weighted by Crippen LogP contribution is -2.36. The van der Waals surface area contributed by atoms with Gasteiger partial charge < -0.3 is 39.1 Å². The standard InChI is InChI=1S/C36H28O10/c1-16(2)12-18-15-36(3,46-33-21(18)14-25(40)27-30(43)20-7-5-9-23(38)32(20)45-35(27)33)11-10-17-13-24(39)26-29(42)19-6-4-8-22(37)31(19)44-34(26)28(17)41/h4-14,18,37-41H,15H2,1-3H3/t18-,36+/m1/s1. The number of aromatic hydroxyl groups is 5. The third-order valence-electron chi connectivity index (χ3n) is 8.36. The molecule has 3 heterocycles. The fourth-order valence-corrected chi connectivity index (χ4v) is 6.28. The molecule has 0 saturated heterocycles. The lowest BCUT2D eigenvalue weighted by Gasteiger charge is -2.37. The van der Waals surface area contributed by atoms with E-state index in [9.17, 15) is 35.1 Å². The molecule has 46 heavy (non-hydrogen) atoms. The number of allylic oxidation sites excluding steroid dienone is 2. The number of fused-ring (bicyclic) bond motifs is 6. The molecule has 0 bridgehead atoms. The van der Waals surface area contributed by atoms with Crippen molar-refractivity contribution in [3.05, 3.63) is 97.8 Å². The summed E-state index contributed by atoms with van der Waals surface area (Å²) in [5.41, 5.74) is -1.07. The molecule has 1 aliphatic heterocycles. The van der Waals surface area contributed by atoms with Crippen LogP contribution in [0.25, 0.3) is 50.0 Å². The molecule has 10 heteroatoms. The van der Waals surface area contributed by atoms with Gasteiger partial charge in [-0.25, -0.2) is 0 Å². The predicted octanol–water partition coefficient (Wildman–Crippen LogP) is 7.04. The predicted molar refractivity (Wildman–Crippen MR) is 173 cm³/mol. The number of benzene rings is 4. The van der Waals surface area contributed by atoms with Crippen molar-refractivity contribution in [2.75, 3.05) is 0 Å². The second-order valence-electron chi connectivity index (χ2n) is 12.0. The van der Waals surface area contributed by atoms with Crippen LogP contribution in [0.15, 0.2) is 84.7 Å². The number of phenolic OH excluding ortho intramolecular Hbond substituents is 5. The first kappa shape index (κ1) is 28.8. The van der Waals surface area contributed by atoms with Gasteiger partial charge in [-0.05, 0) is 63.2 Å². The zero-order valence-electron chi connectivity index (χ0n) is 24.9. The Balaban J connectivity index is 1.41. The monoisotopic (exact) mass is 620 g/mol. The van der Waals surface area contributed by atoms with Crippen LogP contribution in [0.2, 0.25) is 0 Å². The summed E-state index contributed by atoms with van der Waals surface area (Å²) in [7, 11) is 0. The second kappa shape index (κ2) is 10.1. The van der Waals surface area contributed by atoms with Crippen LogP contribution in [0.4, 0.5) is 0 Å². The van der Waals surface area contributed by atoms with Crippen LogP contribution in [0.5, 0.6) is 34.5 Å². The van der Waals surface area contributed by atoms with Crippen LogP contribution in [-0.4, -0.2) is 31.1 Å². The second-order valence-corrected chi connectivity index (χ2v) is 12.0. The molecular formula is C36H28O10. The first-order chi connectivity index (χ1) is 21.9. The maximum Gasteiger partial charge on any atom is 0.204 e. The molecule has 0 amide bonds. The van der Waals surface area contributed by atoms with Crippen LogP contribution in [0, 0.1) is 0 Å². The summed E-state index contributed by atoms with van der Waals surface area (Å²) in [6.07, 6.45) is 5.53. The van der Waals surface area contributed by atoms with Gasteiger partial charge in [0.1, 0.15) is 27.9 Å². The third kappa shape index (κ3) is 4.33. The molecular weight excluding hydrogens is 592 g/mol. The Morgan fingerprint density at radius 2 is 1.35 bits per heavy atom. The summed E-state index contributed by atoms with van der Waals surface area (Å²) in [5.74, 6) is -1.79. The molecule has 1 aliphatic rings. The minimum Gasteiger partial charge on any atom is -0.507 e. The molecule has 4 aromatic carbocycles. The van der Waals surface area contributed by atoms with Gasteiger partial charge in [0.05, 0.1) is 10.8 Å². The van der Waals surface area contributed by atoms with Gasteiger partial charge in [0.2, 0.25) is 10.9 Å². The van der Waals surface area contributed by atoms with Crippen molar-refractivity contribution in [3.8, 4) is 34.5 Å². The summed E-state index contributed by atoms with van der Waals surface area (Å²) in [4.78, 5) is 26.6. The number of hydrogen-bond donors (Lipinski definition) is 5. The lowest BCUT2D eigenvalue weighted by atomic mass is 9.81. The maximum atomic E-state index is 13.5. The Labute approximate surface area is 259 Å². The van der Waals surface area contributed by atoms with Gasteiger partial charge >= 0.3 is 0 Å². The van der Waals surface area contributed by atoms with Crippen molar-refractivity contribution in [1.29, 1.82) is 0 Å². The molecule has 0 spiro atoms.